The third kappa shape index (κ3) is 9.40. The second kappa shape index (κ2) is 8.46. The third-order valence-electron chi connectivity index (χ3n) is 2.49. The second-order valence-electron chi connectivity index (χ2n) is 5.69. The molecule has 4 heteroatoms. The Balaban J connectivity index is 4.10. The van der Waals surface area contributed by atoms with Crippen LogP contribution in [0.3, 0.4) is 0 Å². The molecule has 0 spiro atoms. The van der Waals surface area contributed by atoms with Gasteiger partial charge in [-0.15, -0.1) is 6.58 Å². The molecule has 3 nitrogen and oxygen atoms in total. The zero-order valence-electron chi connectivity index (χ0n) is 12.0. The third-order valence-corrected chi connectivity index (χ3v) is 2.75. The summed E-state index contributed by atoms with van der Waals surface area (Å²) in [4.78, 5) is 11.6. The van der Waals surface area contributed by atoms with Gasteiger partial charge in [0, 0.05) is 6.04 Å². The first-order chi connectivity index (χ1) is 8.28. The number of allylic oxidation sites excluding steroid dienone is 1. The molecule has 0 radical (unpaired) electrons. The summed E-state index contributed by atoms with van der Waals surface area (Å²) in [5.74, 6) is 1.38. The van der Waals surface area contributed by atoms with Crippen LogP contribution in [0.2, 0.25) is 0 Å². The van der Waals surface area contributed by atoms with Crippen LogP contribution in [0.15, 0.2) is 12.7 Å². The summed E-state index contributed by atoms with van der Waals surface area (Å²) in [6.07, 6.45) is 4.49. The molecule has 0 aromatic rings. The summed E-state index contributed by atoms with van der Waals surface area (Å²) in [6.45, 7) is 11.3. The molecule has 0 bridgehead atoms. The number of carbonyl (C=O) groups excluding carboxylic acids is 1. The lowest BCUT2D eigenvalue weighted by Gasteiger charge is -2.24. The number of nitrogens with one attached hydrogen (secondary N) is 1. The topological polar surface area (TPSA) is 38.3 Å². The van der Waals surface area contributed by atoms with Gasteiger partial charge in [0.25, 0.3) is 0 Å². The lowest BCUT2D eigenvalue weighted by Crippen LogP contribution is -2.38. The molecule has 0 aliphatic rings. The van der Waals surface area contributed by atoms with Gasteiger partial charge in [0.1, 0.15) is 5.60 Å². The highest BCUT2D eigenvalue weighted by atomic mass is 32.1. The molecule has 0 saturated heterocycles. The van der Waals surface area contributed by atoms with Crippen LogP contribution in [-0.4, -0.2) is 23.5 Å². The summed E-state index contributed by atoms with van der Waals surface area (Å²) < 4.78 is 5.22. The predicted molar refractivity (Wildman–Crippen MR) is 80.2 cm³/mol. The van der Waals surface area contributed by atoms with Crippen molar-refractivity contribution in [3.8, 4) is 0 Å². The van der Waals surface area contributed by atoms with Crippen molar-refractivity contribution >= 4 is 18.7 Å². The molecule has 0 aromatic heterocycles. The van der Waals surface area contributed by atoms with Gasteiger partial charge in [-0.3, -0.25) is 0 Å². The van der Waals surface area contributed by atoms with Crippen LogP contribution < -0.4 is 5.32 Å². The molecule has 1 amide bonds. The number of rotatable bonds is 7. The maximum atomic E-state index is 11.6. The van der Waals surface area contributed by atoms with E-state index in [0.29, 0.717) is 5.92 Å². The Morgan fingerprint density at radius 1 is 1.50 bits per heavy atom. The fraction of sp³-hybridized carbons (Fsp3) is 0.786. The van der Waals surface area contributed by atoms with Gasteiger partial charge in [-0.1, -0.05) is 6.08 Å². The SMILES string of the molecule is C=CCC(CCS)CC(C)NC(=O)OC(C)(C)C. The molecule has 0 aliphatic heterocycles. The van der Waals surface area contributed by atoms with Gasteiger partial charge in [-0.25, -0.2) is 4.79 Å². The highest BCUT2D eigenvalue weighted by molar-refractivity contribution is 7.80. The first-order valence-corrected chi connectivity index (χ1v) is 7.13. The molecule has 0 rings (SSSR count). The normalized spacial score (nSPS) is 14.7. The predicted octanol–water partition coefficient (Wildman–Crippen LogP) is 3.80. The van der Waals surface area contributed by atoms with E-state index in [0.717, 1.165) is 25.0 Å². The van der Waals surface area contributed by atoms with E-state index >= 15 is 0 Å². The molecule has 1 N–H and O–H groups in total. The number of ether oxygens (including phenoxy) is 1. The van der Waals surface area contributed by atoms with Gasteiger partial charge < -0.3 is 10.1 Å². The minimum absolute atomic E-state index is 0.102. The van der Waals surface area contributed by atoms with Crippen LogP contribution in [-0.2, 0) is 4.74 Å². The first-order valence-electron chi connectivity index (χ1n) is 6.49. The molecule has 0 heterocycles. The Hall–Kier alpha value is -0.640. The van der Waals surface area contributed by atoms with Crippen molar-refractivity contribution in [2.24, 2.45) is 5.92 Å². The minimum atomic E-state index is -0.449. The Labute approximate surface area is 117 Å². The Kier molecular flexibility index (Phi) is 8.16. The fourth-order valence-corrected chi connectivity index (χ4v) is 2.18. The Morgan fingerprint density at radius 2 is 2.11 bits per heavy atom. The number of alkyl carbamates (subject to hydrolysis) is 1. The largest absolute Gasteiger partial charge is 0.444 e. The maximum absolute atomic E-state index is 11.6. The van der Waals surface area contributed by atoms with E-state index in [2.05, 4.69) is 24.5 Å². The van der Waals surface area contributed by atoms with Crippen molar-refractivity contribution in [3.63, 3.8) is 0 Å². The average molecular weight is 273 g/mol. The summed E-state index contributed by atoms with van der Waals surface area (Å²) in [6, 6.07) is 0.102. The molecule has 0 fully saturated rings. The van der Waals surface area contributed by atoms with Gasteiger partial charge in [-0.05, 0) is 58.6 Å². The van der Waals surface area contributed by atoms with E-state index in [1.807, 2.05) is 33.8 Å². The number of thiol groups is 1. The summed E-state index contributed by atoms with van der Waals surface area (Å²) in [7, 11) is 0. The van der Waals surface area contributed by atoms with Gasteiger partial charge in [0.2, 0.25) is 0 Å². The van der Waals surface area contributed by atoms with Gasteiger partial charge >= 0.3 is 6.09 Å². The van der Waals surface area contributed by atoms with E-state index < -0.39 is 5.60 Å². The van der Waals surface area contributed by atoms with Gasteiger partial charge in [0.15, 0.2) is 0 Å². The monoisotopic (exact) mass is 273 g/mol. The van der Waals surface area contributed by atoms with Crippen LogP contribution in [0.5, 0.6) is 0 Å². The van der Waals surface area contributed by atoms with E-state index in [9.17, 15) is 4.79 Å². The average Bonchev–Trinajstić information content (AvgIpc) is 2.14. The summed E-state index contributed by atoms with van der Waals surface area (Å²) >= 11 is 4.25. The molecule has 0 aliphatic carbocycles. The van der Waals surface area contributed by atoms with Crippen LogP contribution in [0, 0.1) is 5.92 Å². The molecule has 0 saturated carbocycles. The molecule has 106 valence electrons. The van der Waals surface area contributed by atoms with E-state index in [4.69, 9.17) is 4.74 Å². The lowest BCUT2D eigenvalue weighted by atomic mass is 9.95. The molecule has 2 atom stereocenters. The number of hydrogen-bond donors (Lipinski definition) is 2. The summed E-state index contributed by atoms with van der Waals surface area (Å²) in [5.41, 5.74) is -0.449. The van der Waals surface area contributed by atoms with Crippen molar-refractivity contribution in [1.29, 1.82) is 0 Å². The maximum Gasteiger partial charge on any atom is 0.407 e. The quantitative estimate of drug-likeness (QED) is 0.547. The highest BCUT2D eigenvalue weighted by Gasteiger charge is 2.19. The van der Waals surface area contributed by atoms with Crippen molar-refractivity contribution in [1.82, 2.24) is 5.32 Å². The van der Waals surface area contributed by atoms with Crippen LogP contribution >= 0.6 is 12.6 Å². The minimum Gasteiger partial charge on any atom is -0.444 e. The number of hydrogen-bond acceptors (Lipinski definition) is 3. The lowest BCUT2D eigenvalue weighted by molar-refractivity contribution is 0.0502. The van der Waals surface area contributed by atoms with Crippen molar-refractivity contribution < 1.29 is 9.53 Å². The van der Waals surface area contributed by atoms with Crippen LogP contribution in [0.1, 0.15) is 47.0 Å². The first kappa shape index (κ1) is 17.4. The molecular weight excluding hydrogens is 246 g/mol. The standard InChI is InChI=1S/C14H27NO2S/c1-6-7-12(8-9-18)10-11(2)15-13(16)17-14(3,4)5/h6,11-12,18H,1,7-10H2,2-5H3,(H,15,16). The fourth-order valence-electron chi connectivity index (χ4n) is 1.82. The molecule has 2 unspecified atom stereocenters. The van der Waals surface area contributed by atoms with Crippen molar-refractivity contribution in [3.05, 3.63) is 12.7 Å². The highest BCUT2D eigenvalue weighted by Crippen LogP contribution is 2.17. The van der Waals surface area contributed by atoms with Crippen LogP contribution in [0.25, 0.3) is 0 Å². The number of carbonyl (C=O) groups is 1. The van der Waals surface area contributed by atoms with Crippen LogP contribution in [0.4, 0.5) is 4.79 Å². The number of amides is 1. The van der Waals surface area contributed by atoms with Gasteiger partial charge in [-0.2, -0.15) is 12.6 Å². The van der Waals surface area contributed by atoms with E-state index in [1.54, 1.807) is 0 Å². The van der Waals surface area contributed by atoms with Gasteiger partial charge in [0.05, 0.1) is 0 Å². The van der Waals surface area contributed by atoms with Crippen molar-refractivity contribution in [2.75, 3.05) is 5.75 Å². The molecular formula is C14H27NO2S. The second-order valence-corrected chi connectivity index (χ2v) is 6.13. The Bertz CT molecular complexity index is 261. The zero-order valence-corrected chi connectivity index (χ0v) is 12.9. The Morgan fingerprint density at radius 3 is 2.56 bits per heavy atom. The zero-order chi connectivity index (χ0) is 14.2. The molecule has 0 aromatic carbocycles. The molecule has 18 heavy (non-hydrogen) atoms. The van der Waals surface area contributed by atoms with Crippen molar-refractivity contribution in [2.45, 2.75) is 58.6 Å². The van der Waals surface area contributed by atoms with E-state index in [1.165, 1.54) is 0 Å². The smallest absolute Gasteiger partial charge is 0.407 e. The summed E-state index contributed by atoms with van der Waals surface area (Å²) in [5, 5.41) is 2.86. The van der Waals surface area contributed by atoms with E-state index in [-0.39, 0.29) is 12.1 Å².